The van der Waals surface area contributed by atoms with Crippen molar-refractivity contribution in [2.45, 2.75) is 27.2 Å². The smallest absolute Gasteiger partial charge is 0.344 e. The number of methoxy groups -OCH3 is 1. The monoisotopic (exact) mass is 471 g/mol. The van der Waals surface area contributed by atoms with E-state index in [1.807, 2.05) is 25.1 Å². The van der Waals surface area contributed by atoms with Gasteiger partial charge in [-0.2, -0.15) is 0 Å². The van der Waals surface area contributed by atoms with E-state index in [0.717, 1.165) is 23.2 Å². The summed E-state index contributed by atoms with van der Waals surface area (Å²) in [4.78, 5) is 27.2. The fourth-order valence-electron chi connectivity index (χ4n) is 3.42. The van der Waals surface area contributed by atoms with Crippen molar-refractivity contribution in [1.29, 1.82) is 0 Å². The number of benzene rings is 2. The van der Waals surface area contributed by atoms with Gasteiger partial charge in [-0.15, -0.1) is 0 Å². The lowest BCUT2D eigenvalue weighted by Gasteiger charge is -2.20. The fraction of sp³-hybridized carbons (Fsp3) is 0.292. The van der Waals surface area contributed by atoms with Gasteiger partial charge in [-0.25, -0.2) is 4.79 Å². The molecule has 2 aromatic carbocycles. The van der Waals surface area contributed by atoms with Gasteiger partial charge in [-0.05, 0) is 43.5 Å². The minimum absolute atomic E-state index is 0.192. The number of thiocarbonyl (C=S) groups is 1. The predicted molar refractivity (Wildman–Crippen MR) is 131 cm³/mol. The molecule has 0 aromatic heterocycles. The Kier molecular flexibility index (Phi) is 7.93. The number of nitrogens with zero attached hydrogens (tertiary/aromatic N) is 1. The van der Waals surface area contributed by atoms with Gasteiger partial charge in [0, 0.05) is 5.56 Å². The topological polar surface area (TPSA) is 65.1 Å². The zero-order valence-electron chi connectivity index (χ0n) is 18.5. The van der Waals surface area contributed by atoms with Gasteiger partial charge in [0.25, 0.3) is 5.91 Å². The highest BCUT2D eigenvalue weighted by Crippen LogP contribution is 2.41. The van der Waals surface area contributed by atoms with Gasteiger partial charge in [0.1, 0.15) is 0 Å². The normalized spacial score (nSPS) is 14.8. The Morgan fingerprint density at radius 1 is 1.19 bits per heavy atom. The minimum Gasteiger partial charge on any atom is -0.493 e. The summed E-state index contributed by atoms with van der Waals surface area (Å²) in [7, 11) is 1.51. The molecule has 6 nitrogen and oxygen atoms in total. The number of amides is 1. The number of rotatable bonds is 8. The van der Waals surface area contributed by atoms with Gasteiger partial charge in [-0.1, -0.05) is 61.2 Å². The van der Waals surface area contributed by atoms with E-state index < -0.39 is 5.97 Å². The molecule has 8 heteroatoms. The van der Waals surface area contributed by atoms with Crippen LogP contribution in [0.15, 0.2) is 41.3 Å². The van der Waals surface area contributed by atoms with E-state index in [0.29, 0.717) is 26.3 Å². The van der Waals surface area contributed by atoms with Gasteiger partial charge in [0.05, 0.1) is 24.3 Å². The molecule has 0 radical (unpaired) electrons. The van der Waals surface area contributed by atoms with Crippen LogP contribution in [0.4, 0.5) is 5.69 Å². The quantitative estimate of drug-likeness (QED) is 0.308. The first-order valence-electron chi connectivity index (χ1n) is 10.2. The molecule has 1 aliphatic heterocycles. The highest BCUT2D eigenvalue weighted by Gasteiger charge is 2.35. The molecule has 1 aliphatic rings. The van der Waals surface area contributed by atoms with Crippen molar-refractivity contribution >= 4 is 51.9 Å². The van der Waals surface area contributed by atoms with E-state index in [-0.39, 0.29) is 19.1 Å². The zero-order valence-corrected chi connectivity index (χ0v) is 20.1. The van der Waals surface area contributed by atoms with E-state index in [4.69, 9.17) is 26.4 Å². The number of thioether (sulfide) groups is 1. The van der Waals surface area contributed by atoms with Gasteiger partial charge in [-0.3, -0.25) is 9.69 Å². The number of ether oxygens (including phenoxy) is 3. The van der Waals surface area contributed by atoms with Crippen molar-refractivity contribution in [1.82, 2.24) is 0 Å². The van der Waals surface area contributed by atoms with Crippen LogP contribution < -0.4 is 14.4 Å². The van der Waals surface area contributed by atoms with E-state index >= 15 is 0 Å². The van der Waals surface area contributed by atoms with Crippen LogP contribution in [0.1, 0.15) is 30.5 Å². The summed E-state index contributed by atoms with van der Waals surface area (Å²) < 4.78 is 16.5. The molecular weight excluding hydrogens is 446 g/mol. The lowest BCUT2D eigenvalue weighted by atomic mass is 10.0. The number of carbonyl (C=O) groups is 2. The third kappa shape index (κ3) is 4.97. The molecule has 0 N–H and O–H groups in total. The fourth-order valence-corrected chi connectivity index (χ4v) is 4.68. The largest absolute Gasteiger partial charge is 0.493 e. The first kappa shape index (κ1) is 23.8. The maximum Gasteiger partial charge on any atom is 0.344 e. The molecule has 1 heterocycles. The van der Waals surface area contributed by atoms with Crippen LogP contribution >= 0.6 is 24.0 Å². The Balaban J connectivity index is 1.97. The molecule has 0 atom stereocenters. The van der Waals surface area contributed by atoms with Crippen LogP contribution in [0.5, 0.6) is 11.5 Å². The molecule has 32 heavy (non-hydrogen) atoms. The Hall–Kier alpha value is -2.84. The van der Waals surface area contributed by atoms with Gasteiger partial charge in [0.15, 0.2) is 22.4 Å². The van der Waals surface area contributed by atoms with Crippen LogP contribution in [-0.4, -0.2) is 36.5 Å². The molecular formula is C24H25NO5S2. The molecule has 0 unspecified atom stereocenters. The molecule has 0 bridgehead atoms. The number of aryl methyl sites for hydroxylation is 2. The third-order valence-electron chi connectivity index (χ3n) is 4.88. The summed E-state index contributed by atoms with van der Waals surface area (Å²) in [5.41, 5.74) is 3.49. The number of hydrogen-bond donors (Lipinski definition) is 0. The van der Waals surface area contributed by atoms with E-state index in [1.54, 1.807) is 36.1 Å². The number of carbonyl (C=O) groups excluding carboxylic acids is 2. The van der Waals surface area contributed by atoms with Crippen LogP contribution in [0, 0.1) is 6.92 Å². The molecule has 0 saturated carbocycles. The molecule has 168 valence electrons. The lowest BCUT2D eigenvalue weighted by Crippen LogP contribution is -2.29. The molecule has 1 amide bonds. The van der Waals surface area contributed by atoms with Crippen molar-refractivity contribution in [2.75, 3.05) is 25.2 Å². The van der Waals surface area contributed by atoms with Crippen LogP contribution in [-0.2, 0) is 20.7 Å². The molecule has 0 aliphatic carbocycles. The van der Waals surface area contributed by atoms with Crippen molar-refractivity contribution in [3.8, 4) is 11.5 Å². The summed E-state index contributed by atoms with van der Waals surface area (Å²) in [5, 5.41) is 0. The highest BCUT2D eigenvalue weighted by molar-refractivity contribution is 8.27. The molecule has 3 rings (SSSR count). The van der Waals surface area contributed by atoms with Crippen molar-refractivity contribution < 1.29 is 23.8 Å². The molecule has 1 fully saturated rings. The second-order valence-electron chi connectivity index (χ2n) is 6.93. The predicted octanol–water partition coefficient (Wildman–Crippen LogP) is 4.91. The second-order valence-corrected chi connectivity index (χ2v) is 8.60. The highest BCUT2D eigenvalue weighted by atomic mass is 32.2. The second kappa shape index (κ2) is 10.7. The standard InChI is InChI=1S/C24H25NO5S2/c1-5-16-10-7-9-15(3)21(16)25-23(27)19(32-24(25)31)13-17-11-8-12-18(28-4)22(17)30-14-20(26)29-6-2/h7-13H,5-6,14H2,1-4H3. The number of esters is 1. The first-order valence-corrected chi connectivity index (χ1v) is 11.5. The van der Waals surface area contributed by atoms with Gasteiger partial charge in [0.2, 0.25) is 0 Å². The minimum atomic E-state index is -0.484. The average molecular weight is 472 g/mol. The zero-order chi connectivity index (χ0) is 23.3. The van der Waals surface area contributed by atoms with Crippen LogP contribution in [0.25, 0.3) is 6.08 Å². The van der Waals surface area contributed by atoms with Crippen molar-refractivity contribution in [3.05, 3.63) is 58.0 Å². The number of hydrogen-bond acceptors (Lipinski definition) is 7. The molecule has 1 saturated heterocycles. The SMILES string of the molecule is CCOC(=O)COc1c(C=C2SC(=S)N(c3c(C)cccc3CC)C2=O)cccc1OC. The van der Waals surface area contributed by atoms with Crippen molar-refractivity contribution in [2.24, 2.45) is 0 Å². The average Bonchev–Trinajstić information content (AvgIpc) is 3.05. The summed E-state index contributed by atoms with van der Waals surface area (Å²) in [5.74, 6) is 0.134. The summed E-state index contributed by atoms with van der Waals surface area (Å²) >= 11 is 6.80. The molecule has 0 spiro atoms. The third-order valence-corrected chi connectivity index (χ3v) is 6.18. The Morgan fingerprint density at radius 3 is 2.62 bits per heavy atom. The van der Waals surface area contributed by atoms with Crippen molar-refractivity contribution in [3.63, 3.8) is 0 Å². The van der Waals surface area contributed by atoms with Crippen LogP contribution in [0.3, 0.4) is 0 Å². The number of anilines is 1. The maximum atomic E-state index is 13.4. The Morgan fingerprint density at radius 2 is 1.94 bits per heavy atom. The van der Waals surface area contributed by atoms with Gasteiger partial charge >= 0.3 is 5.97 Å². The summed E-state index contributed by atoms with van der Waals surface area (Å²) in [6, 6.07) is 11.3. The van der Waals surface area contributed by atoms with E-state index in [9.17, 15) is 9.59 Å². The summed E-state index contributed by atoms with van der Waals surface area (Å²) in [6.07, 6.45) is 2.50. The van der Waals surface area contributed by atoms with Crippen LogP contribution in [0.2, 0.25) is 0 Å². The van der Waals surface area contributed by atoms with Gasteiger partial charge < -0.3 is 14.2 Å². The maximum absolute atomic E-state index is 13.4. The lowest BCUT2D eigenvalue weighted by molar-refractivity contribution is -0.145. The molecule has 2 aromatic rings. The number of para-hydroxylation sites is 2. The summed E-state index contributed by atoms with van der Waals surface area (Å²) in [6.45, 7) is 5.75. The Bertz CT molecular complexity index is 1080. The van der Waals surface area contributed by atoms with E-state index in [2.05, 4.69) is 6.92 Å². The van der Waals surface area contributed by atoms with E-state index in [1.165, 1.54) is 18.9 Å². The Labute approximate surface area is 197 Å². The first-order chi connectivity index (χ1) is 15.4.